The maximum atomic E-state index is 12.1. The fraction of sp³-hybridized carbons (Fsp3) is 0.286. The molecule has 0 bridgehead atoms. The smallest absolute Gasteiger partial charge is 0.311 e. The van der Waals surface area contributed by atoms with Gasteiger partial charge in [0.1, 0.15) is 5.82 Å². The van der Waals surface area contributed by atoms with Crippen molar-refractivity contribution in [1.29, 1.82) is 0 Å². The van der Waals surface area contributed by atoms with Gasteiger partial charge >= 0.3 is 6.18 Å². The molecular formula is C7H6F3N3O. The predicted molar refractivity (Wildman–Crippen MR) is 41.3 cm³/mol. The number of nitrogens with one attached hydrogen (secondary N) is 1. The summed E-state index contributed by atoms with van der Waals surface area (Å²) in [6.45, 7) is 1.18. The van der Waals surface area contributed by atoms with Gasteiger partial charge in [0.2, 0.25) is 11.7 Å². The zero-order valence-electron chi connectivity index (χ0n) is 7.09. The van der Waals surface area contributed by atoms with Gasteiger partial charge < -0.3 is 5.32 Å². The van der Waals surface area contributed by atoms with E-state index in [0.717, 1.165) is 6.20 Å². The second-order valence-electron chi connectivity index (χ2n) is 2.44. The Morgan fingerprint density at radius 3 is 2.64 bits per heavy atom. The second-order valence-corrected chi connectivity index (χ2v) is 2.44. The van der Waals surface area contributed by atoms with E-state index in [9.17, 15) is 18.0 Å². The standard InChI is InChI=1S/C7H6F3N3O/c1-4(14)12-5-2-3-11-6(13-5)7(8,9)10/h2-3H,1H3,(H,11,12,13,14). The molecule has 1 aromatic heterocycles. The highest BCUT2D eigenvalue weighted by Crippen LogP contribution is 2.26. The number of halogens is 3. The van der Waals surface area contributed by atoms with Crippen molar-refractivity contribution in [1.82, 2.24) is 9.97 Å². The van der Waals surface area contributed by atoms with Crippen LogP contribution in [0.5, 0.6) is 0 Å². The predicted octanol–water partition coefficient (Wildman–Crippen LogP) is 1.45. The molecule has 4 nitrogen and oxygen atoms in total. The lowest BCUT2D eigenvalue weighted by atomic mass is 10.5. The van der Waals surface area contributed by atoms with E-state index in [4.69, 9.17) is 0 Å². The number of nitrogens with zero attached hydrogens (tertiary/aromatic N) is 2. The van der Waals surface area contributed by atoms with Crippen molar-refractivity contribution in [2.24, 2.45) is 0 Å². The molecule has 0 radical (unpaired) electrons. The molecular weight excluding hydrogens is 199 g/mol. The fourth-order valence-electron chi connectivity index (χ4n) is 0.745. The molecule has 1 heterocycles. The Morgan fingerprint density at radius 1 is 1.50 bits per heavy atom. The van der Waals surface area contributed by atoms with E-state index in [-0.39, 0.29) is 5.82 Å². The van der Waals surface area contributed by atoms with Crippen molar-refractivity contribution in [3.05, 3.63) is 18.1 Å². The Bertz CT molecular complexity index is 350. The molecule has 0 saturated heterocycles. The van der Waals surface area contributed by atoms with E-state index < -0.39 is 17.9 Å². The van der Waals surface area contributed by atoms with Crippen molar-refractivity contribution in [2.75, 3.05) is 5.32 Å². The fourth-order valence-corrected chi connectivity index (χ4v) is 0.745. The molecule has 0 aliphatic rings. The van der Waals surface area contributed by atoms with Gasteiger partial charge in [-0.25, -0.2) is 9.97 Å². The average molecular weight is 205 g/mol. The topological polar surface area (TPSA) is 54.9 Å². The van der Waals surface area contributed by atoms with Crippen molar-refractivity contribution < 1.29 is 18.0 Å². The molecule has 0 saturated carbocycles. The molecule has 1 amide bonds. The summed E-state index contributed by atoms with van der Waals surface area (Å²) in [5.41, 5.74) is 0. The largest absolute Gasteiger partial charge is 0.451 e. The van der Waals surface area contributed by atoms with Crippen LogP contribution in [-0.4, -0.2) is 15.9 Å². The van der Waals surface area contributed by atoms with Gasteiger partial charge in [0.05, 0.1) is 0 Å². The number of hydrogen-bond donors (Lipinski definition) is 1. The first-order chi connectivity index (χ1) is 6.39. The summed E-state index contributed by atoms with van der Waals surface area (Å²) < 4.78 is 36.2. The van der Waals surface area contributed by atoms with Crippen molar-refractivity contribution in [2.45, 2.75) is 13.1 Å². The first-order valence-electron chi connectivity index (χ1n) is 3.57. The normalized spacial score (nSPS) is 11.1. The van der Waals surface area contributed by atoms with E-state index in [1.807, 2.05) is 0 Å². The summed E-state index contributed by atoms with van der Waals surface area (Å²) in [7, 11) is 0. The Kier molecular flexibility index (Phi) is 2.68. The molecule has 0 aliphatic carbocycles. The molecule has 0 atom stereocenters. The Morgan fingerprint density at radius 2 is 2.14 bits per heavy atom. The number of carbonyl (C=O) groups is 1. The molecule has 14 heavy (non-hydrogen) atoms. The third kappa shape index (κ3) is 2.68. The lowest BCUT2D eigenvalue weighted by Crippen LogP contribution is -2.14. The highest BCUT2D eigenvalue weighted by atomic mass is 19.4. The zero-order valence-corrected chi connectivity index (χ0v) is 7.09. The lowest BCUT2D eigenvalue weighted by Gasteiger charge is -2.06. The first-order valence-corrected chi connectivity index (χ1v) is 3.57. The van der Waals surface area contributed by atoms with Gasteiger partial charge in [0.15, 0.2) is 0 Å². The van der Waals surface area contributed by atoms with Crippen LogP contribution in [0.3, 0.4) is 0 Å². The molecule has 1 aromatic rings. The highest BCUT2D eigenvalue weighted by Gasteiger charge is 2.34. The number of hydrogen-bond acceptors (Lipinski definition) is 3. The molecule has 0 aliphatic heterocycles. The van der Waals surface area contributed by atoms with Gasteiger partial charge in [-0.3, -0.25) is 4.79 Å². The van der Waals surface area contributed by atoms with Crippen LogP contribution in [0.4, 0.5) is 19.0 Å². The third-order valence-corrected chi connectivity index (χ3v) is 1.21. The van der Waals surface area contributed by atoms with Gasteiger partial charge in [-0.1, -0.05) is 0 Å². The summed E-state index contributed by atoms with van der Waals surface area (Å²) >= 11 is 0. The quantitative estimate of drug-likeness (QED) is 0.754. The molecule has 1 N–H and O–H groups in total. The Labute approximate surface area is 77.2 Å². The number of anilines is 1. The van der Waals surface area contributed by atoms with E-state index >= 15 is 0 Å². The average Bonchev–Trinajstić information content (AvgIpc) is 2.01. The van der Waals surface area contributed by atoms with Crippen LogP contribution in [0.1, 0.15) is 12.7 Å². The highest BCUT2D eigenvalue weighted by molar-refractivity contribution is 5.87. The zero-order chi connectivity index (χ0) is 10.8. The van der Waals surface area contributed by atoms with Gasteiger partial charge in [-0.2, -0.15) is 13.2 Å². The third-order valence-electron chi connectivity index (χ3n) is 1.21. The number of alkyl halides is 3. The number of carbonyl (C=O) groups excluding carboxylic acids is 1. The van der Waals surface area contributed by atoms with Crippen LogP contribution >= 0.6 is 0 Å². The molecule has 1 rings (SSSR count). The summed E-state index contributed by atoms with van der Waals surface area (Å²) in [6, 6.07) is 1.18. The second kappa shape index (κ2) is 3.60. The van der Waals surface area contributed by atoms with Gasteiger partial charge in [0, 0.05) is 13.1 Å². The summed E-state index contributed by atoms with van der Waals surface area (Å²) in [6.07, 6.45) is -3.67. The van der Waals surface area contributed by atoms with E-state index in [1.54, 1.807) is 0 Å². The van der Waals surface area contributed by atoms with Crippen LogP contribution in [-0.2, 0) is 11.0 Å². The van der Waals surface area contributed by atoms with Gasteiger partial charge in [-0.15, -0.1) is 0 Å². The molecule has 76 valence electrons. The molecule has 0 spiro atoms. The summed E-state index contributed by atoms with van der Waals surface area (Å²) in [5, 5.41) is 2.13. The number of aromatic nitrogens is 2. The van der Waals surface area contributed by atoms with Crippen LogP contribution in [0.2, 0.25) is 0 Å². The minimum Gasteiger partial charge on any atom is -0.311 e. The van der Waals surface area contributed by atoms with Gasteiger partial charge in [0.25, 0.3) is 0 Å². The summed E-state index contributed by atoms with van der Waals surface area (Å²) in [4.78, 5) is 16.7. The van der Waals surface area contributed by atoms with E-state index in [2.05, 4.69) is 15.3 Å². The van der Waals surface area contributed by atoms with E-state index in [1.165, 1.54) is 13.0 Å². The molecule has 7 heteroatoms. The van der Waals surface area contributed by atoms with Crippen molar-refractivity contribution >= 4 is 11.7 Å². The minimum atomic E-state index is -4.60. The maximum absolute atomic E-state index is 12.1. The van der Waals surface area contributed by atoms with Crippen LogP contribution < -0.4 is 5.32 Å². The Hall–Kier alpha value is -1.66. The SMILES string of the molecule is CC(=O)Nc1ccnc(C(F)(F)F)n1. The molecule has 0 fully saturated rings. The van der Waals surface area contributed by atoms with Crippen molar-refractivity contribution in [3.8, 4) is 0 Å². The monoisotopic (exact) mass is 205 g/mol. The molecule has 0 aromatic carbocycles. The van der Waals surface area contributed by atoms with Crippen LogP contribution in [0.15, 0.2) is 12.3 Å². The lowest BCUT2D eigenvalue weighted by molar-refractivity contribution is -0.144. The Balaban J connectivity index is 2.95. The number of amides is 1. The first kappa shape index (κ1) is 10.4. The summed E-state index contributed by atoms with van der Waals surface area (Å²) in [5.74, 6) is -1.93. The van der Waals surface area contributed by atoms with Gasteiger partial charge in [-0.05, 0) is 6.07 Å². The minimum absolute atomic E-state index is 0.167. The molecule has 0 unspecified atom stereocenters. The van der Waals surface area contributed by atoms with Crippen LogP contribution in [0.25, 0.3) is 0 Å². The maximum Gasteiger partial charge on any atom is 0.451 e. The van der Waals surface area contributed by atoms with Crippen molar-refractivity contribution in [3.63, 3.8) is 0 Å². The number of rotatable bonds is 1. The van der Waals surface area contributed by atoms with E-state index in [0.29, 0.717) is 0 Å². The van der Waals surface area contributed by atoms with Crippen LogP contribution in [0, 0.1) is 0 Å².